The van der Waals surface area contributed by atoms with Crippen LogP contribution < -0.4 is 5.73 Å². The fourth-order valence-corrected chi connectivity index (χ4v) is 1.65. The van der Waals surface area contributed by atoms with E-state index >= 15 is 0 Å². The first kappa shape index (κ1) is 10.2. The molecule has 1 aromatic heterocycles. The van der Waals surface area contributed by atoms with Crippen LogP contribution >= 0.6 is 11.3 Å². The highest BCUT2D eigenvalue weighted by Gasteiger charge is 2.12. The number of nitrogens with two attached hydrogens (primary N) is 1. The lowest BCUT2D eigenvalue weighted by molar-refractivity contribution is -0.380. The summed E-state index contributed by atoms with van der Waals surface area (Å²) in [6.45, 7) is 1.57. The number of hydrogen-bond acceptors (Lipinski definition) is 5. The average Bonchev–Trinajstić information content (AvgIpc) is 2.64. The van der Waals surface area contributed by atoms with Gasteiger partial charge < -0.3 is 5.73 Å². The Morgan fingerprint density at radius 2 is 2.36 bits per heavy atom. The number of thiophene rings is 1. The summed E-state index contributed by atoms with van der Waals surface area (Å²) in [6.07, 6.45) is 0. The summed E-state index contributed by atoms with van der Waals surface area (Å²) >= 11 is 0.960. The van der Waals surface area contributed by atoms with Crippen LogP contribution in [0.3, 0.4) is 0 Å². The molecule has 14 heavy (non-hydrogen) atoms. The Morgan fingerprint density at radius 3 is 2.79 bits per heavy atom. The molecule has 0 fully saturated rings. The van der Waals surface area contributed by atoms with E-state index < -0.39 is 4.92 Å². The van der Waals surface area contributed by atoms with Crippen molar-refractivity contribution in [1.29, 1.82) is 5.26 Å². The number of nitrogens with zero attached hydrogens (tertiary/aromatic N) is 2. The molecular formula is C8H7N3O2S. The highest BCUT2D eigenvalue weighted by Crippen LogP contribution is 2.28. The lowest BCUT2D eigenvalue weighted by Gasteiger charge is -1.95. The van der Waals surface area contributed by atoms with Crippen LogP contribution in [0.5, 0.6) is 0 Å². The number of allylic oxidation sites excluding steroid dienone is 1. The largest absolute Gasteiger partial charge is 0.397 e. The van der Waals surface area contributed by atoms with Gasteiger partial charge in [-0.2, -0.15) is 5.26 Å². The summed E-state index contributed by atoms with van der Waals surface area (Å²) in [5, 5.41) is 19.0. The molecule has 0 spiro atoms. The molecule has 0 atom stereocenters. The van der Waals surface area contributed by atoms with Gasteiger partial charge in [0, 0.05) is 6.07 Å². The van der Waals surface area contributed by atoms with Gasteiger partial charge in [0.25, 0.3) is 0 Å². The maximum absolute atomic E-state index is 10.4. The molecule has 2 N–H and O–H groups in total. The number of nitriles is 1. The maximum Gasteiger partial charge on any atom is 0.324 e. The lowest BCUT2D eigenvalue weighted by atomic mass is 10.2. The van der Waals surface area contributed by atoms with Gasteiger partial charge in [-0.3, -0.25) is 10.1 Å². The minimum absolute atomic E-state index is 0.0219. The second-order valence-electron chi connectivity index (χ2n) is 2.55. The Balaban J connectivity index is 3.11. The standard InChI is InChI=1S/C8H7N3O2S/c1-5(4-9)8(10)6-2-3-7(14-6)11(12)13/h2-3H,10H2,1H3/b8-5-. The molecule has 0 unspecified atom stereocenters. The fraction of sp³-hybridized carbons (Fsp3) is 0.125. The summed E-state index contributed by atoms with van der Waals surface area (Å²) in [5.41, 5.74) is 6.27. The van der Waals surface area contributed by atoms with Gasteiger partial charge in [0.15, 0.2) is 0 Å². The third-order valence-electron chi connectivity index (χ3n) is 1.61. The molecule has 5 nitrogen and oxygen atoms in total. The van der Waals surface area contributed by atoms with Crippen LogP contribution in [-0.4, -0.2) is 4.92 Å². The second kappa shape index (κ2) is 3.89. The first-order valence-corrected chi connectivity index (χ1v) is 4.49. The molecule has 0 aliphatic rings. The van der Waals surface area contributed by atoms with Crippen LogP contribution in [-0.2, 0) is 0 Å². The molecule has 1 rings (SSSR count). The van der Waals surface area contributed by atoms with E-state index in [0.717, 1.165) is 11.3 Å². The maximum atomic E-state index is 10.4. The van der Waals surface area contributed by atoms with E-state index in [9.17, 15) is 10.1 Å². The monoisotopic (exact) mass is 209 g/mol. The van der Waals surface area contributed by atoms with Crippen LogP contribution in [0.1, 0.15) is 11.8 Å². The van der Waals surface area contributed by atoms with Crippen molar-refractivity contribution in [1.82, 2.24) is 0 Å². The van der Waals surface area contributed by atoms with Crippen molar-refractivity contribution in [2.75, 3.05) is 0 Å². The van der Waals surface area contributed by atoms with Crippen LogP contribution in [0.15, 0.2) is 17.7 Å². The van der Waals surface area contributed by atoms with Crippen molar-refractivity contribution in [3.63, 3.8) is 0 Å². The van der Waals surface area contributed by atoms with Gasteiger partial charge in [-0.25, -0.2) is 0 Å². The van der Waals surface area contributed by atoms with Crippen molar-refractivity contribution in [3.05, 3.63) is 32.7 Å². The predicted molar refractivity (Wildman–Crippen MR) is 53.4 cm³/mol. The minimum atomic E-state index is -0.483. The molecule has 0 saturated carbocycles. The zero-order valence-corrected chi connectivity index (χ0v) is 8.17. The second-order valence-corrected chi connectivity index (χ2v) is 3.61. The van der Waals surface area contributed by atoms with E-state index in [1.54, 1.807) is 13.0 Å². The van der Waals surface area contributed by atoms with Gasteiger partial charge in [0.1, 0.15) is 0 Å². The molecule has 6 heteroatoms. The molecule has 0 aliphatic heterocycles. The molecule has 0 saturated heterocycles. The molecule has 0 bridgehead atoms. The van der Waals surface area contributed by atoms with Crippen molar-refractivity contribution >= 4 is 22.0 Å². The van der Waals surface area contributed by atoms with Crippen molar-refractivity contribution in [3.8, 4) is 6.07 Å². The third kappa shape index (κ3) is 1.89. The molecule has 0 radical (unpaired) electrons. The fourth-order valence-electron chi connectivity index (χ4n) is 0.816. The molecular weight excluding hydrogens is 202 g/mol. The van der Waals surface area contributed by atoms with E-state index in [1.165, 1.54) is 6.07 Å². The lowest BCUT2D eigenvalue weighted by Crippen LogP contribution is -1.96. The normalized spacial score (nSPS) is 11.7. The highest BCUT2D eigenvalue weighted by molar-refractivity contribution is 7.16. The zero-order chi connectivity index (χ0) is 10.7. The molecule has 0 aromatic carbocycles. The molecule has 1 aromatic rings. The summed E-state index contributed by atoms with van der Waals surface area (Å²) < 4.78 is 0. The highest BCUT2D eigenvalue weighted by atomic mass is 32.1. The van der Waals surface area contributed by atoms with Crippen molar-refractivity contribution in [2.45, 2.75) is 6.92 Å². The number of hydrogen-bond donors (Lipinski definition) is 1. The zero-order valence-electron chi connectivity index (χ0n) is 7.35. The van der Waals surface area contributed by atoms with E-state index in [0.29, 0.717) is 16.1 Å². The SMILES string of the molecule is C/C(C#N)=C(/N)c1ccc([N+](=O)[O-])s1. The van der Waals surface area contributed by atoms with E-state index in [4.69, 9.17) is 11.0 Å². The van der Waals surface area contributed by atoms with Gasteiger partial charge in [0.2, 0.25) is 0 Å². The van der Waals surface area contributed by atoms with E-state index in [2.05, 4.69) is 0 Å². The predicted octanol–water partition coefficient (Wildman–Crippen LogP) is 1.87. The molecule has 0 amide bonds. The van der Waals surface area contributed by atoms with Gasteiger partial charge in [0.05, 0.1) is 27.1 Å². The van der Waals surface area contributed by atoms with Crippen LogP contribution in [0.4, 0.5) is 5.00 Å². The van der Waals surface area contributed by atoms with Gasteiger partial charge in [-0.05, 0) is 13.0 Å². The summed E-state index contributed by atoms with van der Waals surface area (Å²) in [7, 11) is 0. The Kier molecular flexibility index (Phi) is 2.84. The Bertz CT molecular complexity index is 442. The summed E-state index contributed by atoms with van der Waals surface area (Å²) in [4.78, 5) is 10.4. The minimum Gasteiger partial charge on any atom is -0.397 e. The van der Waals surface area contributed by atoms with E-state index in [-0.39, 0.29) is 5.00 Å². The third-order valence-corrected chi connectivity index (χ3v) is 2.68. The van der Waals surface area contributed by atoms with Crippen LogP contribution in [0.25, 0.3) is 5.70 Å². The van der Waals surface area contributed by atoms with Crippen LogP contribution in [0, 0.1) is 21.4 Å². The molecule has 1 heterocycles. The average molecular weight is 209 g/mol. The summed E-state index contributed by atoms with van der Waals surface area (Å²) in [6, 6.07) is 4.81. The number of nitro groups is 1. The van der Waals surface area contributed by atoms with Crippen molar-refractivity contribution < 1.29 is 4.92 Å². The first-order valence-electron chi connectivity index (χ1n) is 3.67. The van der Waals surface area contributed by atoms with Gasteiger partial charge >= 0.3 is 5.00 Å². The van der Waals surface area contributed by atoms with Gasteiger partial charge in [-0.15, -0.1) is 0 Å². The topological polar surface area (TPSA) is 93.0 Å². The smallest absolute Gasteiger partial charge is 0.324 e. The molecule has 0 aliphatic carbocycles. The Hall–Kier alpha value is -1.87. The van der Waals surface area contributed by atoms with E-state index in [1.807, 2.05) is 6.07 Å². The quantitative estimate of drug-likeness (QED) is 0.457. The summed E-state index contributed by atoms with van der Waals surface area (Å²) in [5.74, 6) is 0. The molecule has 72 valence electrons. The van der Waals surface area contributed by atoms with Crippen molar-refractivity contribution in [2.24, 2.45) is 5.73 Å². The first-order chi connectivity index (χ1) is 6.56. The Labute approximate surface area is 84.2 Å². The van der Waals surface area contributed by atoms with Crippen LogP contribution in [0.2, 0.25) is 0 Å². The Morgan fingerprint density at radius 1 is 1.71 bits per heavy atom. The number of rotatable bonds is 2. The van der Waals surface area contributed by atoms with Gasteiger partial charge in [-0.1, -0.05) is 11.3 Å².